The van der Waals surface area contributed by atoms with Crippen LogP contribution in [0.25, 0.3) is 11.0 Å². The smallest absolute Gasteiger partial charge is 0.307 e. The monoisotopic (exact) mass is 662 g/mol. The Labute approximate surface area is 228 Å². The van der Waals surface area contributed by atoms with Gasteiger partial charge in [-0.25, -0.2) is 5.43 Å². The third-order valence-electron chi connectivity index (χ3n) is 4.94. The van der Waals surface area contributed by atoms with Gasteiger partial charge in [0.2, 0.25) is 0 Å². The second-order valence-electron chi connectivity index (χ2n) is 7.66. The zero-order valence-corrected chi connectivity index (χ0v) is 23.7. The minimum absolute atomic E-state index is 0.159. The van der Waals surface area contributed by atoms with Crippen molar-refractivity contribution in [2.75, 3.05) is 6.61 Å². The molecule has 0 aliphatic heterocycles. The van der Waals surface area contributed by atoms with Crippen molar-refractivity contribution in [1.82, 2.24) is 5.43 Å². The van der Waals surface area contributed by atoms with Gasteiger partial charge in [0.05, 0.1) is 21.8 Å². The molecule has 0 atom stereocenters. The number of amides is 1. The molecule has 9 heteroatoms. The van der Waals surface area contributed by atoms with Crippen LogP contribution in [-0.4, -0.2) is 18.7 Å². The average Bonchev–Trinajstić information content (AvgIpc) is 3.23. The Balaban J connectivity index is 1.48. The highest BCUT2D eigenvalue weighted by molar-refractivity contribution is 9.11. The lowest BCUT2D eigenvalue weighted by Gasteiger charge is -2.15. The van der Waals surface area contributed by atoms with Crippen LogP contribution in [0.1, 0.15) is 34.2 Å². The number of furan rings is 1. The number of carbonyl (C=O) groups excluding carboxylic acids is 1. The first-order valence-corrected chi connectivity index (χ1v) is 13.1. The van der Waals surface area contributed by atoms with E-state index >= 15 is 0 Å². The van der Waals surface area contributed by atoms with Gasteiger partial charge in [0, 0.05) is 9.86 Å². The molecule has 6 nitrogen and oxygen atoms in total. The number of hydrazone groups is 1. The normalized spacial score (nSPS) is 11.2. The zero-order chi connectivity index (χ0) is 24.9. The summed E-state index contributed by atoms with van der Waals surface area (Å²) < 4.78 is 19.9. The van der Waals surface area contributed by atoms with E-state index < -0.39 is 5.91 Å². The summed E-state index contributed by atoms with van der Waals surface area (Å²) in [6, 6.07) is 17.2. The molecule has 0 saturated heterocycles. The predicted octanol–water partition coefficient (Wildman–Crippen LogP) is 7.77. The van der Waals surface area contributed by atoms with Crippen LogP contribution in [0.2, 0.25) is 0 Å². The number of hydrogen-bond acceptors (Lipinski definition) is 5. The lowest BCUT2D eigenvalue weighted by Crippen LogP contribution is -2.16. The van der Waals surface area contributed by atoms with Gasteiger partial charge in [-0.05, 0) is 87.2 Å². The van der Waals surface area contributed by atoms with Crippen LogP contribution in [0.3, 0.4) is 0 Å². The molecule has 0 aliphatic carbocycles. The molecule has 0 bridgehead atoms. The number of nitrogens with one attached hydrogen (secondary N) is 1. The molecule has 1 heterocycles. The van der Waals surface area contributed by atoms with Gasteiger partial charge in [0.15, 0.2) is 17.3 Å². The minimum Gasteiger partial charge on any atom is -0.490 e. The largest absolute Gasteiger partial charge is 0.490 e. The molecule has 3 aromatic carbocycles. The Bertz CT molecular complexity index is 1420. The number of ether oxygens (including phenoxy) is 2. The highest BCUT2D eigenvalue weighted by atomic mass is 79.9. The summed E-state index contributed by atoms with van der Waals surface area (Å²) >= 11 is 10.4. The Morgan fingerprint density at radius 1 is 1.06 bits per heavy atom. The molecule has 0 radical (unpaired) electrons. The highest BCUT2D eigenvalue weighted by Gasteiger charge is 2.15. The Hall–Kier alpha value is -2.62. The molecule has 35 heavy (non-hydrogen) atoms. The molecule has 0 aliphatic rings. The van der Waals surface area contributed by atoms with Crippen LogP contribution in [0.15, 0.2) is 77.5 Å². The highest BCUT2D eigenvalue weighted by Crippen LogP contribution is 2.37. The first-order chi connectivity index (χ1) is 16.8. The van der Waals surface area contributed by atoms with Gasteiger partial charge in [0.1, 0.15) is 12.2 Å². The SMILES string of the molecule is CCOc1cc(/C=N\NC(=O)c2cc3cc(Br)cc(Br)c3o2)cc(Br)c1OCc1cccc(C)c1. The molecular formula is C26H21Br3N2O4. The fourth-order valence-electron chi connectivity index (χ4n) is 3.43. The molecule has 0 unspecified atom stereocenters. The van der Waals surface area contributed by atoms with E-state index in [-0.39, 0.29) is 5.76 Å². The van der Waals surface area contributed by atoms with Gasteiger partial charge >= 0.3 is 5.91 Å². The van der Waals surface area contributed by atoms with E-state index in [4.69, 9.17) is 13.9 Å². The Kier molecular flexibility index (Phi) is 8.30. The lowest BCUT2D eigenvalue weighted by atomic mass is 10.1. The second-order valence-corrected chi connectivity index (χ2v) is 10.3. The fourth-order valence-corrected chi connectivity index (χ4v) is 5.34. The van der Waals surface area contributed by atoms with Crippen molar-refractivity contribution < 1.29 is 18.7 Å². The topological polar surface area (TPSA) is 73.1 Å². The molecular weight excluding hydrogens is 644 g/mol. The number of nitrogens with zero attached hydrogens (tertiary/aromatic N) is 1. The minimum atomic E-state index is -0.456. The van der Waals surface area contributed by atoms with Gasteiger partial charge < -0.3 is 13.9 Å². The van der Waals surface area contributed by atoms with Crippen LogP contribution in [0.5, 0.6) is 11.5 Å². The van der Waals surface area contributed by atoms with Crippen LogP contribution >= 0.6 is 47.8 Å². The number of halogens is 3. The lowest BCUT2D eigenvalue weighted by molar-refractivity contribution is 0.0929. The van der Waals surface area contributed by atoms with E-state index in [2.05, 4.69) is 64.4 Å². The number of carbonyl (C=O) groups is 1. The maximum absolute atomic E-state index is 12.5. The second kappa shape index (κ2) is 11.4. The number of benzene rings is 3. The standard InChI is InChI=1S/C26H21Br3N2O4/c1-3-33-22-9-17(8-20(28)25(22)34-14-16-6-4-5-15(2)7-16)13-30-31-26(32)23-11-18-10-19(27)12-21(29)24(18)35-23/h4-13H,3,14H2,1-2H3,(H,31,32)/b30-13-. The number of hydrogen-bond donors (Lipinski definition) is 1. The van der Waals surface area contributed by atoms with E-state index in [1.165, 1.54) is 11.8 Å². The fraction of sp³-hybridized carbons (Fsp3) is 0.154. The summed E-state index contributed by atoms with van der Waals surface area (Å²) in [4.78, 5) is 12.5. The quantitative estimate of drug-likeness (QED) is 0.154. The molecule has 1 amide bonds. The number of aryl methyl sites for hydroxylation is 1. The van der Waals surface area contributed by atoms with Gasteiger partial charge in [0.25, 0.3) is 0 Å². The first kappa shape index (κ1) is 25.5. The maximum Gasteiger partial charge on any atom is 0.307 e. The van der Waals surface area contributed by atoms with Crippen molar-refractivity contribution in [2.24, 2.45) is 5.10 Å². The summed E-state index contributed by atoms with van der Waals surface area (Å²) in [7, 11) is 0. The molecule has 0 spiro atoms. The summed E-state index contributed by atoms with van der Waals surface area (Å²) in [6.45, 7) is 4.84. The molecule has 4 rings (SSSR count). The van der Waals surface area contributed by atoms with Crippen LogP contribution in [0, 0.1) is 6.92 Å². The van der Waals surface area contributed by atoms with Crippen LogP contribution in [0.4, 0.5) is 0 Å². The summed E-state index contributed by atoms with van der Waals surface area (Å²) in [6.07, 6.45) is 1.53. The Morgan fingerprint density at radius 2 is 1.89 bits per heavy atom. The van der Waals surface area contributed by atoms with Crippen molar-refractivity contribution in [3.05, 3.63) is 90.5 Å². The van der Waals surface area contributed by atoms with Crippen molar-refractivity contribution in [2.45, 2.75) is 20.5 Å². The summed E-state index contributed by atoms with van der Waals surface area (Å²) in [5.74, 6) is 0.887. The summed E-state index contributed by atoms with van der Waals surface area (Å²) in [5.41, 5.74) is 6.06. The Morgan fingerprint density at radius 3 is 2.66 bits per heavy atom. The van der Waals surface area contributed by atoms with E-state index in [0.29, 0.717) is 30.3 Å². The third-order valence-corrected chi connectivity index (χ3v) is 6.57. The van der Waals surface area contributed by atoms with Crippen molar-refractivity contribution >= 4 is 70.9 Å². The van der Waals surface area contributed by atoms with Gasteiger partial charge in [-0.15, -0.1) is 0 Å². The van der Waals surface area contributed by atoms with Gasteiger partial charge in [-0.3, -0.25) is 4.79 Å². The van der Waals surface area contributed by atoms with Gasteiger partial charge in [-0.2, -0.15) is 5.10 Å². The van der Waals surface area contributed by atoms with E-state index in [9.17, 15) is 4.79 Å². The molecule has 0 saturated carbocycles. The molecule has 1 aromatic heterocycles. The van der Waals surface area contributed by atoms with E-state index in [1.54, 1.807) is 6.07 Å². The van der Waals surface area contributed by atoms with Gasteiger partial charge in [-0.1, -0.05) is 45.8 Å². The first-order valence-electron chi connectivity index (χ1n) is 10.7. The van der Waals surface area contributed by atoms with Crippen molar-refractivity contribution in [3.8, 4) is 11.5 Å². The summed E-state index contributed by atoms with van der Waals surface area (Å²) in [5, 5.41) is 4.88. The average molecular weight is 665 g/mol. The van der Waals surface area contributed by atoms with Crippen molar-refractivity contribution in [3.63, 3.8) is 0 Å². The van der Waals surface area contributed by atoms with Crippen LogP contribution in [-0.2, 0) is 6.61 Å². The third kappa shape index (κ3) is 6.34. The van der Waals surface area contributed by atoms with E-state index in [1.807, 2.05) is 56.3 Å². The maximum atomic E-state index is 12.5. The number of rotatable bonds is 8. The van der Waals surface area contributed by atoms with Crippen molar-refractivity contribution in [1.29, 1.82) is 0 Å². The molecule has 180 valence electrons. The molecule has 0 fully saturated rings. The molecule has 1 N–H and O–H groups in total. The van der Waals surface area contributed by atoms with E-state index in [0.717, 1.165) is 29.9 Å². The zero-order valence-electron chi connectivity index (χ0n) is 18.9. The number of fused-ring (bicyclic) bond motifs is 1. The predicted molar refractivity (Wildman–Crippen MR) is 147 cm³/mol. The van der Waals surface area contributed by atoms with Crippen LogP contribution < -0.4 is 14.9 Å². The molecule has 4 aromatic rings.